The van der Waals surface area contributed by atoms with E-state index in [4.69, 9.17) is 17.0 Å². The second kappa shape index (κ2) is 10.4. The number of rotatable bonds is 7. The van der Waals surface area contributed by atoms with Crippen LogP contribution in [0.15, 0.2) is 78.9 Å². The maximum atomic E-state index is 12.4. The number of carbonyl (C=O) groups excluding carboxylic acids is 1. The minimum Gasteiger partial charge on any atom is -0.494 e. The lowest BCUT2D eigenvalue weighted by Gasteiger charge is -2.18. The molecule has 0 fully saturated rings. The SMILES string of the molecule is CCOc1ccc(NC(=S)NC(C)c2cccc(NC(=O)c3ccccc3)c2)cc1. The molecule has 1 amide bonds. The van der Waals surface area contributed by atoms with E-state index in [-0.39, 0.29) is 11.9 Å². The van der Waals surface area contributed by atoms with Crippen molar-refractivity contribution < 1.29 is 9.53 Å². The van der Waals surface area contributed by atoms with Gasteiger partial charge in [0.05, 0.1) is 12.6 Å². The van der Waals surface area contributed by atoms with E-state index in [9.17, 15) is 4.79 Å². The number of carbonyl (C=O) groups is 1. The summed E-state index contributed by atoms with van der Waals surface area (Å²) in [5.74, 6) is 0.686. The fourth-order valence-electron chi connectivity index (χ4n) is 2.93. The maximum Gasteiger partial charge on any atom is 0.255 e. The molecule has 6 heteroatoms. The third kappa shape index (κ3) is 6.06. The van der Waals surface area contributed by atoms with E-state index >= 15 is 0 Å². The summed E-state index contributed by atoms with van der Waals surface area (Å²) in [6.07, 6.45) is 0. The first-order chi connectivity index (χ1) is 14.5. The monoisotopic (exact) mass is 419 g/mol. The van der Waals surface area contributed by atoms with Gasteiger partial charge in [-0.2, -0.15) is 0 Å². The highest BCUT2D eigenvalue weighted by atomic mass is 32.1. The zero-order chi connectivity index (χ0) is 21.3. The van der Waals surface area contributed by atoms with Gasteiger partial charge in [-0.3, -0.25) is 4.79 Å². The van der Waals surface area contributed by atoms with Gasteiger partial charge in [-0.05, 0) is 80.2 Å². The quantitative estimate of drug-likeness (QED) is 0.449. The lowest BCUT2D eigenvalue weighted by molar-refractivity contribution is 0.102. The highest BCUT2D eigenvalue weighted by Crippen LogP contribution is 2.19. The van der Waals surface area contributed by atoms with Crippen LogP contribution in [0, 0.1) is 0 Å². The molecule has 154 valence electrons. The number of hydrogen-bond acceptors (Lipinski definition) is 3. The Kier molecular flexibility index (Phi) is 7.40. The molecular formula is C24H25N3O2S. The first kappa shape index (κ1) is 21.3. The van der Waals surface area contributed by atoms with Gasteiger partial charge < -0.3 is 20.7 Å². The molecule has 1 unspecified atom stereocenters. The molecule has 0 spiro atoms. The van der Waals surface area contributed by atoms with Crippen LogP contribution in [0.3, 0.4) is 0 Å². The third-order valence-corrected chi connectivity index (χ3v) is 4.67. The van der Waals surface area contributed by atoms with Crippen LogP contribution in [0.5, 0.6) is 5.75 Å². The molecule has 3 rings (SSSR count). The molecule has 0 aliphatic heterocycles. The summed E-state index contributed by atoms with van der Waals surface area (Å²) in [5, 5.41) is 9.90. The second-order valence-corrected chi connectivity index (χ2v) is 7.13. The summed E-state index contributed by atoms with van der Waals surface area (Å²) in [6, 6.07) is 24.5. The molecule has 0 bridgehead atoms. The lowest BCUT2D eigenvalue weighted by Crippen LogP contribution is -2.30. The third-order valence-electron chi connectivity index (χ3n) is 4.45. The first-order valence-electron chi connectivity index (χ1n) is 9.82. The molecule has 0 aliphatic carbocycles. The van der Waals surface area contributed by atoms with Crippen LogP contribution in [0.4, 0.5) is 11.4 Å². The molecule has 0 saturated heterocycles. The number of benzene rings is 3. The average Bonchev–Trinajstić information content (AvgIpc) is 2.76. The standard InChI is InChI=1S/C24H25N3O2S/c1-3-29-22-14-12-20(13-15-22)27-24(30)25-17(2)19-10-7-11-21(16-19)26-23(28)18-8-5-4-6-9-18/h4-17H,3H2,1-2H3,(H,26,28)(H2,25,27,30). The number of nitrogens with one attached hydrogen (secondary N) is 3. The summed E-state index contributed by atoms with van der Waals surface area (Å²) in [5.41, 5.74) is 3.25. The minimum absolute atomic E-state index is 0.0405. The molecule has 3 N–H and O–H groups in total. The van der Waals surface area contributed by atoms with Crippen molar-refractivity contribution in [3.63, 3.8) is 0 Å². The van der Waals surface area contributed by atoms with Crippen LogP contribution in [-0.2, 0) is 0 Å². The van der Waals surface area contributed by atoms with E-state index in [2.05, 4.69) is 16.0 Å². The fraction of sp³-hybridized carbons (Fsp3) is 0.167. The number of amides is 1. The molecule has 0 heterocycles. The number of ether oxygens (including phenoxy) is 1. The summed E-state index contributed by atoms with van der Waals surface area (Å²) in [4.78, 5) is 12.4. The Morgan fingerprint density at radius 3 is 2.37 bits per heavy atom. The van der Waals surface area contributed by atoms with Gasteiger partial charge in [-0.25, -0.2) is 0 Å². The second-order valence-electron chi connectivity index (χ2n) is 6.72. The van der Waals surface area contributed by atoms with E-state index < -0.39 is 0 Å². The molecule has 0 saturated carbocycles. The molecule has 30 heavy (non-hydrogen) atoms. The fourth-order valence-corrected chi connectivity index (χ4v) is 3.22. The zero-order valence-electron chi connectivity index (χ0n) is 17.0. The van der Waals surface area contributed by atoms with Crippen molar-refractivity contribution in [2.75, 3.05) is 17.2 Å². The zero-order valence-corrected chi connectivity index (χ0v) is 17.8. The van der Waals surface area contributed by atoms with E-state index in [1.54, 1.807) is 12.1 Å². The Hall–Kier alpha value is -3.38. The Bertz CT molecular complexity index is 991. The molecule has 0 aliphatic rings. The highest BCUT2D eigenvalue weighted by molar-refractivity contribution is 7.80. The van der Waals surface area contributed by atoms with E-state index in [0.717, 1.165) is 22.7 Å². The summed E-state index contributed by atoms with van der Waals surface area (Å²) in [6.45, 7) is 4.61. The molecule has 0 radical (unpaired) electrons. The number of anilines is 2. The molecule has 3 aromatic carbocycles. The molecule has 1 atom stereocenters. The van der Waals surface area contributed by atoms with Gasteiger partial charge in [0.25, 0.3) is 5.91 Å². The van der Waals surface area contributed by atoms with E-state index in [1.165, 1.54) is 0 Å². The van der Waals surface area contributed by atoms with Crippen molar-refractivity contribution in [2.45, 2.75) is 19.9 Å². The summed E-state index contributed by atoms with van der Waals surface area (Å²) < 4.78 is 5.45. The van der Waals surface area contributed by atoms with Crippen LogP contribution in [0.25, 0.3) is 0 Å². The van der Waals surface area contributed by atoms with E-state index in [1.807, 2.05) is 80.6 Å². The molecular weight excluding hydrogens is 394 g/mol. The van der Waals surface area contributed by atoms with Crippen LogP contribution >= 0.6 is 12.2 Å². The van der Waals surface area contributed by atoms with Crippen LogP contribution in [0.2, 0.25) is 0 Å². The van der Waals surface area contributed by atoms with Gasteiger partial charge in [0, 0.05) is 16.9 Å². The molecule has 3 aromatic rings. The maximum absolute atomic E-state index is 12.4. The topological polar surface area (TPSA) is 62.4 Å². The Labute approximate surface area is 182 Å². The van der Waals surface area contributed by atoms with Gasteiger partial charge in [-0.1, -0.05) is 30.3 Å². The van der Waals surface area contributed by atoms with Crippen LogP contribution in [-0.4, -0.2) is 17.6 Å². The predicted octanol–water partition coefficient (Wildman–Crippen LogP) is 5.39. The van der Waals surface area contributed by atoms with Crippen molar-refractivity contribution >= 4 is 34.6 Å². The smallest absolute Gasteiger partial charge is 0.255 e. The normalized spacial score (nSPS) is 11.3. The van der Waals surface area contributed by atoms with Gasteiger partial charge >= 0.3 is 0 Å². The summed E-state index contributed by atoms with van der Waals surface area (Å²) in [7, 11) is 0. The largest absolute Gasteiger partial charge is 0.494 e. The van der Waals surface area contributed by atoms with Crippen molar-refractivity contribution in [1.29, 1.82) is 0 Å². The first-order valence-corrected chi connectivity index (χ1v) is 10.2. The van der Waals surface area contributed by atoms with Crippen molar-refractivity contribution in [3.05, 3.63) is 90.0 Å². The number of thiocarbonyl (C=S) groups is 1. The van der Waals surface area contributed by atoms with Gasteiger partial charge in [-0.15, -0.1) is 0 Å². The molecule has 0 aromatic heterocycles. The highest BCUT2D eigenvalue weighted by Gasteiger charge is 2.10. The molecule has 5 nitrogen and oxygen atoms in total. The van der Waals surface area contributed by atoms with E-state index in [0.29, 0.717) is 17.3 Å². The van der Waals surface area contributed by atoms with Crippen molar-refractivity contribution in [3.8, 4) is 5.75 Å². The predicted molar refractivity (Wildman–Crippen MR) is 126 cm³/mol. The van der Waals surface area contributed by atoms with Gasteiger partial charge in [0.1, 0.15) is 5.75 Å². The minimum atomic E-state index is -0.138. The Balaban J connectivity index is 1.58. The van der Waals surface area contributed by atoms with Crippen LogP contribution in [0.1, 0.15) is 35.8 Å². The average molecular weight is 420 g/mol. The van der Waals surface area contributed by atoms with Gasteiger partial charge in [0.15, 0.2) is 5.11 Å². The number of hydrogen-bond donors (Lipinski definition) is 3. The van der Waals surface area contributed by atoms with Crippen molar-refractivity contribution in [1.82, 2.24) is 5.32 Å². The lowest BCUT2D eigenvalue weighted by atomic mass is 10.1. The Morgan fingerprint density at radius 2 is 1.67 bits per heavy atom. The Morgan fingerprint density at radius 1 is 0.933 bits per heavy atom. The summed E-state index contributed by atoms with van der Waals surface area (Å²) >= 11 is 5.44. The van der Waals surface area contributed by atoms with Gasteiger partial charge in [0.2, 0.25) is 0 Å². The van der Waals surface area contributed by atoms with Crippen molar-refractivity contribution in [2.24, 2.45) is 0 Å². The van der Waals surface area contributed by atoms with Crippen LogP contribution < -0.4 is 20.7 Å².